The van der Waals surface area contributed by atoms with Gasteiger partial charge in [0, 0.05) is 11.3 Å². The molecule has 0 radical (unpaired) electrons. The number of benzene rings is 3. The first-order valence-electron chi connectivity index (χ1n) is 9.69. The standard InChI is InChI=1S/C24H25N3O4/c1-17-9-7-8-12-20(17)26-24(28)27-25-15-19-13-21(29-2)23(22(14-19)30-3)31-16-18-10-5-4-6-11-18/h4-15H,16H2,1-3H3,(H2,26,27,28)/b25-15-. The molecular formula is C24H25N3O4. The molecule has 2 amide bonds. The number of nitrogens with zero attached hydrogens (tertiary/aromatic N) is 1. The number of hydrogen-bond acceptors (Lipinski definition) is 5. The van der Waals surface area contributed by atoms with Crippen molar-refractivity contribution in [3.05, 3.63) is 83.4 Å². The van der Waals surface area contributed by atoms with Gasteiger partial charge in [0.15, 0.2) is 11.5 Å². The number of nitrogens with one attached hydrogen (secondary N) is 2. The molecule has 0 heterocycles. The predicted octanol–water partition coefficient (Wildman–Crippen LogP) is 4.75. The molecule has 0 fully saturated rings. The van der Waals surface area contributed by atoms with Gasteiger partial charge in [0.1, 0.15) is 6.61 Å². The highest BCUT2D eigenvalue weighted by Crippen LogP contribution is 2.38. The van der Waals surface area contributed by atoms with Crippen LogP contribution in [-0.2, 0) is 6.61 Å². The van der Waals surface area contributed by atoms with Crippen molar-refractivity contribution in [1.82, 2.24) is 5.43 Å². The van der Waals surface area contributed by atoms with Gasteiger partial charge in [-0.2, -0.15) is 5.10 Å². The Morgan fingerprint density at radius 1 is 0.968 bits per heavy atom. The van der Waals surface area contributed by atoms with Gasteiger partial charge >= 0.3 is 6.03 Å². The van der Waals surface area contributed by atoms with Crippen molar-refractivity contribution in [3.63, 3.8) is 0 Å². The molecule has 0 aliphatic carbocycles. The number of urea groups is 1. The summed E-state index contributed by atoms with van der Waals surface area (Å²) in [5.41, 5.74) is 5.84. The molecule has 2 N–H and O–H groups in total. The van der Waals surface area contributed by atoms with Gasteiger partial charge in [-0.3, -0.25) is 0 Å². The average molecular weight is 419 g/mol. The van der Waals surface area contributed by atoms with E-state index < -0.39 is 6.03 Å². The second-order valence-electron chi connectivity index (χ2n) is 6.67. The molecule has 0 aliphatic heterocycles. The maximum Gasteiger partial charge on any atom is 0.339 e. The highest BCUT2D eigenvalue weighted by Gasteiger charge is 2.14. The number of carbonyl (C=O) groups is 1. The number of methoxy groups -OCH3 is 2. The van der Waals surface area contributed by atoms with E-state index in [0.29, 0.717) is 29.4 Å². The SMILES string of the molecule is COc1cc(/C=N\NC(=O)Nc2ccccc2C)cc(OC)c1OCc1ccccc1. The number of aryl methyl sites for hydroxylation is 1. The predicted molar refractivity (Wildman–Crippen MR) is 121 cm³/mol. The molecule has 0 saturated carbocycles. The van der Waals surface area contributed by atoms with Crippen LogP contribution in [0.2, 0.25) is 0 Å². The van der Waals surface area contributed by atoms with E-state index >= 15 is 0 Å². The Balaban J connectivity index is 1.68. The average Bonchev–Trinajstić information content (AvgIpc) is 2.79. The molecule has 3 aromatic rings. The van der Waals surface area contributed by atoms with Gasteiger partial charge < -0.3 is 19.5 Å². The zero-order chi connectivity index (χ0) is 22.1. The van der Waals surface area contributed by atoms with Crippen LogP contribution in [0.15, 0.2) is 71.8 Å². The zero-order valence-electron chi connectivity index (χ0n) is 17.7. The molecule has 7 nitrogen and oxygen atoms in total. The van der Waals surface area contributed by atoms with Crippen molar-refractivity contribution in [1.29, 1.82) is 0 Å². The van der Waals surface area contributed by atoms with Gasteiger partial charge in [0.2, 0.25) is 5.75 Å². The van der Waals surface area contributed by atoms with Crippen molar-refractivity contribution in [2.24, 2.45) is 5.10 Å². The van der Waals surface area contributed by atoms with Gasteiger partial charge in [-0.1, -0.05) is 48.5 Å². The van der Waals surface area contributed by atoms with Crippen molar-refractivity contribution >= 4 is 17.9 Å². The van der Waals surface area contributed by atoms with Crippen LogP contribution >= 0.6 is 0 Å². The normalized spacial score (nSPS) is 10.5. The molecule has 0 bridgehead atoms. The minimum Gasteiger partial charge on any atom is -0.493 e. The lowest BCUT2D eigenvalue weighted by atomic mass is 10.2. The van der Waals surface area contributed by atoms with Gasteiger partial charge in [-0.05, 0) is 36.2 Å². The largest absolute Gasteiger partial charge is 0.493 e. The highest BCUT2D eigenvalue weighted by atomic mass is 16.5. The Labute approximate surface area is 181 Å². The number of hydrogen-bond donors (Lipinski definition) is 2. The summed E-state index contributed by atoms with van der Waals surface area (Å²) in [6.07, 6.45) is 1.50. The van der Waals surface area contributed by atoms with E-state index in [4.69, 9.17) is 14.2 Å². The summed E-state index contributed by atoms with van der Waals surface area (Å²) in [6.45, 7) is 2.29. The smallest absolute Gasteiger partial charge is 0.339 e. The van der Waals surface area contributed by atoms with E-state index in [-0.39, 0.29) is 0 Å². The first kappa shape index (κ1) is 21.7. The first-order chi connectivity index (χ1) is 15.1. The number of hydrazone groups is 1. The topological polar surface area (TPSA) is 81.2 Å². The number of rotatable bonds is 8. The fourth-order valence-corrected chi connectivity index (χ4v) is 2.88. The van der Waals surface area contributed by atoms with Crippen LogP contribution in [0.1, 0.15) is 16.7 Å². The second-order valence-corrected chi connectivity index (χ2v) is 6.67. The van der Waals surface area contributed by atoms with E-state index in [1.54, 1.807) is 26.4 Å². The minimum absolute atomic E-state index is 0.377. The summed E-state index contributed by atoms with van der Waals surface area (Å²) >= 11 is 0. The highest BCUT2D eigenvalue weighted by molar-refractivity contribution is 5.91. The summed E-state index contributed by atoms with van der Waals surface area (Å²) in [7, 11) is 3.11. The lowest BCUT2D eigenvalue weighted by molar-refractivity contribution is 0.252. The fourth-order valence-electron chi connectivity index (χ4n) is 2.88. The summed E-state index contributed by atoms with van der Waals surface area (Å²) in [5, 5.41) is 6.75. The lowest BCUT2D eigenvalue weighted by Gasteiger charge is -2.15. The Bertz CT molecular complexity index is 1030. The van der Waals surface area contributed by atoms with Gasteiger partial charge in [0.25, 0.3) is 0 Å². The minimum atomic E-state index is -0.438. The molecule has 0 aliphatic rings. The molecule has 3 aromatic carbocycles. The third-order valence-corrected chi connectivity index (χ3v) is 4.48. The Morgan fingerprint density at radius 3 is 2.26 bits per heavy atom. The lowest BCUT2D eigenvalue weighted by Crippen LogP contribution is -2.24. The number of anilines is 1. The van der Waals surface area contributed by atoms with Crippen LogP contribution in [0.5, 0.6) is 17.2 Å². The van der Waals surface area contributed by atoms with E-state index in [1.807, 2.05) is 61.5 Å². The van der Waals surface area contributed by atoms with E-state index in [9.17, 15) is 4.79 Å². The van der Waals surface area contributed by atoms with E-state index in [2.05, 4.69) is 15.8 Å². The van der Waals surface area contributed by atoms with Gasteiger partial charge in [0.05, 0.1) is 20.4 Å². The Hall–Kier alpha value is -4.00. The molecule has 3 rings (SSSR count). The van der Waals surface area contributed by atoms with Gasteiger partial charge in [-0.15, -0.1) is 0 Å². The summed E-state index contributed by atoms with van der Waals surface area (Å²) in [5.74, 6) is 1.50. The number of ether oxygens (including phenoxy) is 3. The molecule has 0 unspecified atom stereocenters. The van der Waals surface area contributed by atoms with Crippen LogP contribution in [0.4, 0.5) is 10.5 Å². The third-order valence-electron chi connectivity index (χ3n) is 4.48. The summed E-state index contributed by atoms with van der Waals surface area (Å²) in [6, 6.07) is 20.4. The Kier molecular flexibility index (Phi) is 7.48. The van der Waals surface area contributed by atoms with Crippen molar-refractivity contribution in [3.8, 4) is 17.2 Å². The maximum absolute atomic E-state index is 12.1. The second kappa shape index (κ2) is 10.7. The third kappa shape index (κ3) is 5.99. The Morgan fingerprint density at radius 2 is 1.61 bits per heavy atom. The number of para-hydroxylation sites is 1. The number of amides is 2. The molecule has 160 valence electrons. The van der Waals surface area contributed by atoms with Crippen molar-refractivity contribution < 1.29 is 19.0 Å². The monoisotopic (exact) mass is 419 g/mol. The van der Waals surface area contributed by atoms with Crippen LogP contribution in [0.25, 0.3) is 0 Å². The van der Waals surface area contributed by atoms with E-state index in [0.717, 1.165) is 16.8 Å². The maximum atomic E-state index is 12.1. The molecule has 0 atom stereocenters. The van der Waals surface area contributed by atoms with Crippen LogP contribution < -0.4 is 25.0 Å². The molecule has 31 heavy (non-hydrogen) atoms. The fraction of sp³-hybridized carbons (Fsp3) is 0.167. The zero-order valence-corrected chi connectivity index (χ0v) is 17.7. The molecular weight excluding hydrogens is 394 g/mol. The van der Waals surface area contributed by atoms with Crippen LogP contribution in [0, 0.1) is 6.92 Å². The first-order valence-corrected chi connectivity index (χ1v) is 9.69. The molecule has 7 heteroatoms. The van der Waals surface area contributed by atoms with Crippen LogP contribution in [0.3, 0.4) is 0 Å². The number of carbonyl (C=O) groups excluding carboxylic acids is 1. The van der Waals surface area contributed by atoms with Gasteiger partial charge in [-0.25, -0.2) is 10.2 Å². The molecule has 0 spiro atoms. The summed E-state index contributed by atoms with van der Waals surface area (Å²) in [4.78, 5) is 12.1. The molecule has 0 saturated heterocycles. The van der Waals surface area contributed by atoms with E-state index in [1.165, 1.54) is 6.21 Å². The quantitative estimate of drug-likeness (QED) is 0.408. The van der Waals surface area contributed by atoms with Crippen molar-refractivity contribution in [2.45, 2.75) is 13.5 Å². The van der Waals surface area contributed by atoms with Crippen LogP contribution in [-0.4, -0.2) is 26.5 Å². The summed E-state index contributed by atoms with van der Waals surface area (Å²) < 4.78 is 16.9. The van der Waals surface area contributed by atoms with Crippen molar-refractivity contribution in [2.75, 3.05) is 19.5 Å². The molecule has 0 aromatic heterocycles.